The molecule has 0 aromatic heterocycles. The van der Waals surface area contributed by atoms with Crippen molar-refractivity contribution in [1.29, 1.82) is 0 Å². The van der Waals surface area contributed by atoms with Gasteiger partial charge in [0.1, 0.15) is 5.75 Å². The van der Waals surface area contributed by atoms with Crippen LogP contribution in [0.1, 0.15) is 31.9 Å². The van der Waals surface area contributed by atoms with Crippen molar-refractivity contribution in [2.75, 3.05) is 18.5 Å². The summed E-state index contributed by atoms with van der Waals surface area (Å²) in [5, 5.41) is 24.3. The maximum absolute atomic E-state index is 11.7. The number of phenols is 1. The number of carbonyl (C=O) groups is 2. The summed E-state index contributed by atoms with van der Waals surface area (Å²) in [6.07, 6.45) is -0.873. The van der Waals surface area contributed by atoms with Gasteiger partial charge >= 0.3 is 12.0 Å². The molecule has 8 heteroatoms. The van der Waals surface area contributed by atoms with E-state index in [0.29, 0.717) is 12.3 Å². The van der Waals surface area contributed by atoms with E-state index < -0.39 is 18.1 Å². The molecule has 1 aromatic rings. The van der Waals surface area contributed by atoms with Gasteiger partial charge in [0.25, 0.3) is 0 Å². The fraction of sp³-hybridized carbons (Fsp3) is 0.429. The first-order valence-corrected chi connectivity index (χ1v) is 7.13. The molecular weight excluding hydrogens is 312 g/mol. The number of benzene rings is 1. The van der Waals surface area contributed by atoms with Gasteiger partial charge in [0.2, 0.25) is 0 Å². The molecule has 122 valence electrons. The van der Waals surface area contributed by atoms with Crippen molar-refractivity contribution in [3.05, 3.63) is 22.7 Å². The van der Waals surface area contributed by atoms with Gasteiger partial charge < -0.3 is 25.6 Å². The van der Waals surface area contributed by atoms with Crippen molar-refractivity contribution in [3.63, 3.8) is 0 Å². The van der Waals surface area contributed by atoms with E-state index in [1.807, 2.05) is 0 Å². The smallest absolute Gasteiger partial charge is 0.319 e. The van der Waals surface area contributed by atoms with Gasteiger partial charge in [-0.15, -0.1) is 0 Å². The number of esters is 1. The number of nitrogens with one attached hydrogen (secondary N) is 2. The third-order valence-electron chi connectivity index (χ3n) is 2.72. The summed E-state index contributed by atoms with van der Waals surface area (Å²) in [4.78, 5) is 22.8. The molecule has 0 radical (unpaired) electrons. The zero-order valence-electron chi connectivity index (χ0n) is 12.4. The fourth-order valence-corrected chi connectivity index (χ4v) is 1.92. The minimum atomic E-state index is -0.939. The van der Waals surface area contributed by atoms with Crippen LogP contribution in [0.3, 0.4) is 0 Å². The second-order valence-corrected chi connectivity index (χ2v) is 4.91. The van der Waals surface area contributed by atoms with Crippen LogP contribution in [0.15, 0.2) is 12.1 Å². The highest BCUT2D eigenvalue weighted by Gasteiger charge is 2.14. The van der Waals surface area contributed by atoms with E-state index >= 15 is 0 Å². The number of aliphatic hydroxyl groups is 1. The molecule has 1 unspecified atom stereocenters. The summed E-state index contributed by atoms with van der Waals surface area (Å²) in [6.45, 7) is 3.58. The van der Waals surface area contributed by atoms with E-state index in [1.165, 1.54) is 19.1 Å². The van der Waals surface area contributed by atoms with Crippen molar-refractivity contribution < 1.29 is 24.5 Å². The molecule has 0 aliphatic carbocycles. The molecule has 0 bridgehead atoms. The number of ether oxygens (including phenoxy) is 1. The number of aromatic hydroxyl groups is 1. The van der Waals surface area contributed by atoms with E-state index in [-0.39, 0.29) is 29.3 Å². The minimum absolute atomic E-state index is 0.0141. The van der Waals surface area contributed by atoms with Crippen LogP contribution in [-0.4, -0.2) is 35.4 Å². The second kappa shape index (κ2) is 8.45. The van der Waals surface area contributed by atoms with Gasteiger partial charge in [0.05, 0.1) is 24.2 Å². The molecule has 0 fully saturated rings. The van der Waals surface area contributed by atoms with Gasteiger partial charge in [0.15, 0.2) is 0 Å². The van der Waals surface area contributed by atoms with Crippen molar-refractivity contribution in [3.8, 4) is 5.75 Å². The summed E-state index contributed by atoms with van der Waals surface area (Å²) >= 11 is 5.83. The fourth-order valence-electron chi connectivity index (χ4n) is 1.70. The highest BCUT2D eigenvalue weighted by Crippen LogP contribution is 2.34. The Balaban J connectivity index is 2.59. The first-order valence-electron chi connectivity index (χ1n) is 6.76. The van der Waals surface area contributed by atoms with E-state index in [1.54, 1.807) is 6.92 Å². The molecule has 1 atom stereocenters. The van der Waals surface area contributed by atoms with E-state index in [0.717, 1.165) is 0 Å². The maximum atomic E-state index is 11.7. The standard InChI is InChI=1S/C14H19ClN2O5/c1-3-22-12(19)4-5-16-14(21)17-9-6-10(8(2)18)13(20)11(15)7-9/h6-8,18,20H,3-5H2,1-2H3,(H2,16,17,21). The first-order chi connectivity index (χ1) is 10.3. The molecule has 0 heterocycles. The summed E-state index contributed by atoms with van der Waals surface area (Å²) in [5.41, 5.74) is 0.515. The van der Waals surface area contributed by atoms with E-state index in [2.05, 4.69) is 10.6 Å². The SMILES string of the molecule is CCOC(=O)CCNC(=O)Nc1cc(Cl)c(O)c(C(C)O)c1. The van der Waals surface area contributed by atoms with E-state index in [9.17, 15) is 19.8 Å². The molecule has 22 heavy (non-hydrogen) atoms. The van der Waals surface area contributed by atoms with Gasteiger partial charge in [-0.05, 0) is 26.0 Å². The number of urea groups is 1. The monoisotopic (exact) mass is 330 g/mol. The minimum Gasteiger partial charge on any atom is -0.506 e. The molecule has 0 saturated heterocycles. The molecule has 1 rings (SSSR count). The first kappa shape index (κ1) is 18.1. The maximum Gasteiger partial charge on any atom is 0.319 e. The van der Waals surface area contributed by atoms with Crippen LogP contribution in [0.25, 0.3) is 0 Å². The van der Waals surface area contributed by atoms with Gasteiger partial charge in [-0.3, -0.25) is 4.79 Å². The van der Waals surface area contributed by atoms with E-state index in [4.69, 9.17) is 16.3 Å². The highest BCUT2D eigenvalue weighted by molar-refractivity contribution is 6.32. The summed E-state index contributed by atoms with van der Waals surface area (Å²) < 4.78 is 4.73. The number of amides is 2. The molecule has 0 aliphatic heterocycles. The molecule has 4 N–H and O–H groups in total. The summed E-state index contributed by atoms with van der Waals surface area (Å²) in [7, 11) is 0. The Morgan fingerprint density at radius 2 is 2.09 bits per heavy atom. The normalized spacial score (nSPS) is 11.6. The number of halogens is 1. The number of anilines is 1. The molecule has 0 saturated carbocycles. The third kappa shape index (κ3) is 5.42. The van der Waals surface area contributed by atoms with Crippen molar-refractivity contribution >= 4 is 29.3 Å². The molecule has 0 aliphatic rings. The molecule has 2 amide bonds. The zero-order valence-corrected chi connectivity index (χ0v) is 13.1. The van der Waals surface area contributed by atoms with Gasteiger partial charge in [-0.25, -0.2) is 4.79 Å². The van der Waals surface area contributed by atoms with Crippen LogP contribution >= 0.6 is 11.6 Å². The zero-order chi connectivity index (χ0) is 16.7. The number of hydrogen-bond acceptors (Lipinski definition) is 5. The Kier molecular flexibility index (Phi) is 6.94. The number of aliphatic hydroxyl groups excluding tert-OH is 1. The Labute approximate surface area is 133 Å². The van der Waals surface area contributed by atoms with Crippen molar-refractivity contribution in [2.45, 2.75) is 26.4 Å². The predicted octanol–water partition coefficient (Wildman–Crippen LogP) is 2.17. The van der Waals surface area contributed by atoms with Crippen molar-refractivity contribution in [1.82, 2.24) is 5.32 Å². The second-order valence-electron chi connectivity index (χ2n) is 4.51. The van der Waals surface area contributed by atoms with Gasteiger partial charge in [-0.2, -0.15) is 0 Å². The largest absolute Gasteiger partial charge is 0.506 e. The Morgan fingerprint density at radius 1 is 1.41 bits per heavy atom. The number of carbonyl (C=O) groups excluding carboxylic acids is 2. The molecule has 1 aromatic carbocycles. The summed E-state index contributed by atoms with van der Waals surface area (Å²) in [5.74, 6) is -0.628. The summed E-state index contributed by atoms with van der Waals surface area (Å²) in [6, 6.07) is 2.23. The van der Waals surface area contributed by atoms with Crippen LogP contribution < -0.4 is 10.6 Å². The molecular formula is C14H19ClN2O5. The number of phenolic OH excluding ortho intramolecular Hbond substituents is 1. The lowest BCUT2D eigenvalue weighted by atomic mass is 10.1. The average molecular weight is 331 g/mol. The lowest BCUT2D eigenvalue weighted by Gasteiger charge is -2.13. The van der Waals surface area contributed by atoms with Crippen LogP contribution in [0.4, 0.5) is 10.5 Å². The van der Waals surface area contributed by atoms with Crippen LogP contribution in [0.5, 0.6) is 5.75 Å². The average Bonchev–Trinajstić information content (AvgIpc) is 2.42. The number of rotatable bonds is 6. The van der Waals surface area contributed by atoms with Gasteiger partial charge in [0, 0.05) is 17.8 Å². The van der Waals surface area contributed by atoms with Crippen LogP contribution in [-0.2, 0) is 9.53 Å². The lowest BCUT2D eigenvalue weighted by molar-refractivity contribution is -0.142. The Bertz CT molecular complexity index is 548. The lowest BCUT2D eigenvalue weighted by Crippen LogP contribution is -2.30. The Morgan fingerprint density at radius 3 is 2.68 bits per heavy atom. The topological polar surface area (TPSA) is 108 Å². The van der Waals surface area contributed by atoms with Crippen LogP contribution in [0, 0.1) is 0 Å². The predicted molar refractivity (Wildman–Crippen MR) is 82.0 cm³/mol. The third-order valence-corrected chi connectivity index (χ3v) is 3.01. The highest BCUT2D eigenvalue weighted by atomic mass is 35.5. The Hall–Kier alpha value is -1.99. The van der Waals surface area contributed by atoms with Crippen molar-refractivity contribution in [2.24, 2.45) is 0 Å². The number of hydrogen-bond donors (Lipinski definition) is 4. The van der Waals surface area contributed by atoms with Gasteiger partial charge in [-0.1, -0.05) is 11.6 Å². The van der Waals surface area contributed by atoms with Crippen LogP contribution in [0.2, 0.25) is 5.02 Å². The molecule has 0 spiro atoms. The quantitative estimate of drug-likeness (QED) is 0.472. The molecule has 7 nitrogen and oxygen atoms in total.